The van der Waals surface area contributed by atoms with Gasteiger partial charge in [0.15, 0.2) is 5.43 Å². The molecular weight excluding hydrogens is 416 g/mol. The Bertz CT molecular complexity index is 1640. The van der Waals surface area contributed by atoms with Gasteiger partial charge in [-0.25, -0.2) is 0 Å². The molecule has 1 aromatic heterocycles. The Morgan fingerprint density at radius 1 is 0.559 bits per heavy atom. The molecule has 162 valence electrons. The zero-order chi connectivity index (χ0) is 22.9. The highest BCUT2D eigenvalue weighted by Gasteiger charge is 2.22. The van der Waals surface area contributed by atoms with Crippen LogP contribution >= 0.6 is 0 Å². The number of fused-ring (bicyclic) bond motifs is 5. The summed E-state index contributed by atoms with van der Waals surface area (Å²) in [7, 11) is 0. The predicted octanol–water partition coefficient (Wildman–Crippen LogP) is 7.87. The van der Waals surface area contributed by atoms with Gasteiger partial charge in [0, 0.05) is 11.6 Å². The second kappa shape index (κ2) is 8.49. The summed E-state index contributed by atoms with van der Waals surface area (Å²) in [5.74, 6) is 0.642. The third-order valence-corrected chi connectivity index (χ3v) is 6.41. The molecule has 0 amide bonds. The Morgan fingerprint density at radius 3 is 1.91 bits per heavy atom. The van der Waals surface area contributed by atoms with Crippen LogP contribution in [-0.2, 0) is 6.42 Å². The van der Waals surface area contributed by atoms with Crippen molar-refractivity contribution in [2.24, 2.45) is 0 Å². The van der Waals surface area contributed by atoms with Gasteiger partial charge < -0.3 is 4.42 Å². The van der Waals surface area contributed by atoms with E-state index in [1.807, 2.05) is 30.3 Å². The van der Waals surface area contributed by atoms with Gasteiger partial charge in [-0.15, -0.1) is 0 Å². The second-order valence-electron chi connectivity index (χ2n) is 8.48. The second-order valence-corrected chi connectivity index (χ2v) is 8.48. The van der Waals surface area contributed by atoms with Crippen LogP contribution in [0.25, 0.3) is 44.2 Å². The van der Waals surface area contributed by atoms with Crippen LogP contribution in [0.4, 0.5) is 0 Å². The number of rotatable bonds is 1. The summed E-state index contributed by atoms with van der Waals surface area (Å²) in [6.07, 6.45) is 0.873. The first-order chi connectivity index (χ1) is 16.8. The van der Waals surface area contributed by atoms with Crippen LogP contribution in [0, 0.1) is 0 Å². The topological polar surface area (TPSA) is 30.2 Å². The summed E-state index contributed by atoms with van der Waals surface area (Å²) in [4.78, 5) is 12.4. The summed E-state index contributed by atoms with van der Waals surface area (Å²) in [5, 5.41) is 3.24. The van der Waals surface area contributed by atoms with Crippen LogP contribution < -0.4 is 5.43 Å². The van der Waals surface area contributed by atoms with Gasteiger partial charge in [-0.1, -0.05) is 103 Å². The Hall–Kier alpha value is -4.43. The lowest BCUT2D eigenvalue weighted by molar-refractivity contribution is 0.618. The minimum atomic E-state index is -0.0000332. The summed E-state index contributed by atoms with van der Waals surface area (Å²) >= 11 is 0. The van der Waals surface area contributed by atoms with Crippen molar-refractivity contribution in [1.29, 1.82) is 0 Å². The molecule has 0 saturated heterocycles. The van der Waals surface area contributed by atoms with Crippen LogP contribution in [0.15, 0.2) is 131 Å². The van der Waals surface area contributed by atoms with Crippen molar-refractivity contribution in [3.63, 3.8) is 0 Å². The molecule has 1 heterocycles. The smallest absolute Gasteiger partial charge is 0.193 e. The fraction of sp³-hybridized carbons (Fsp3) is 0.0312. The van der Waals surface area contributed by atoms with E-state index in [0.29, 0.717) is 16.7 Å². The van der Waals surface area contributed by atoms with E-state index >= 15 is 0 Å². The van der Waals surface area contributed by atoms with E-state index in [0.717, 1.165) is 12.0 Å². The lowest BCUT2D eigenvalue weighted by Gasteiger charge is -2.08. The van der Waals surface area contributed by atoms with E-state index in [1.54, 1.807) is 12.1 Å². The molecule has 2 heteroatoms. The number of hydrogen-bond donors (Lipinski definition) is 0. The van der Waals surface area contributed by atoms with Crippen LogP contribution in [0.5, 0.6) is 0 Å². The largest absolute Gasteiger partial charge is 0.456 e. The lowest BCUT2D eigenvalue weighted by atomic mass is 9.99. The Morgan fingerprint density at radius 2 is 1.15 bits per heavy atom. The van der Waals surface area contributed by atoms with Gasteiger partial charge >= 0.3 is 0 Å². The van der Waals surface area contributed by atoms with Crippen molar-refractivity contribution in [2.45, 2.75) is 6.42 Å². The van der Waals surface area contributed by atoms with Crippen LogP contribution in [0.3, 0.4) is 0 Å². The molecule has 0 atom stereocenters. The minimum Gasteiger partial charge on any atom is -0.456 e. The summed E-state index contributed by atoms with van der Waals surface area (Å²) in [5.41, 5.74) is 6.70. The molecular formula is C32H22O2. The van der Waals surface area contributed by atoms with Gasteiger partial charge in [0.05, 0.1) is 5.39 Å². The molecule has 1 aliphatic carbocycles. The molecule has 34 heavy (non-hydrogen) atoms. The first kappa shape index (κ1) is 20.2. The van der Waals surface area contributed by atoms with Crippen molar-refractivity contribution in [1.82, 2.24) is 0 Å². The van der Waals surface area contributed by atoms with Crippen molar-refractivity contribution in [3.05, 3.63) is 143 Å². The van der Waals surface area contributed by atoms with Crippen molar-refractivity contribution >= 4 is 21.7 Å². The van der Waals surface area contributed by atoms with Crippen LogP contribution in [-0.4, -0.2) is 0 Å². The van der Waals surface area contributed by atoms with E-state index < -0.39 is 0 Å². The van der Waals surface area contributed by atoms with Gasteiger partial charge in [-0.05, 0) is 51.6 Å². The van der Waals surface area contributed by atoms with Crippen LogP contribution in [0.1, 0.15) is 11.1 Å². The van der Waals surface area contributed by atoms with E-state index in [4.69, 9.17) is 4.42 Å². The maximum absolute atomic E-state index is 12.4. The molecule has 6 aromatic rings. The van der Waals surface area contributed by atoms with E-state index in [1.165, 1.54) is 33.0 Å². The third kappa shape index (κ3) is 3.60. The minimum absolute atomic E-state index is 0.0000332. The number of hydrogen-bond acceptors (Lipinski definition) is 2. The fourth-order valence-corrected chi connectivity index (χ4v) is 4.76. The fourth-order valence-electron chi connectivity index (χ4n) is 4.76. The van der Waals surface area contributed by atoms with Gasteiger partial charge in [0.1, 0.15) is 11.3 Å². The molecule has 5 aromatic carbocycles. The van der Waals surface area contributed by atoms with Gasteiger partial charge in [0.25, 0.3) is 0 Å². The molecule has 0 fully saturated rings. The highest BCUT2D eigenvalue weighted by atomic mass is 16.3. The van der Waals surface area contributed by atoms with E-state index in [2.05, 4.69) is 78.9 Å². The monoisotopic (exact) mass is 438 g/mol. The van der Waals surface area contributed by atoms with E-state index in [9.17, 15) is 4.79 Å². The molecule has 2 nitrogen and oxygen atoms in total. The first-order valence-corrected chi connectivity index (χ1v) is 11.5. The molecule has 0 bridgehead atoms. The summed E-state index contributed by atoms with van der Waals surface area (Å²) in [6.45, 7) is 0. The SMILES string of the molecule is O=c1cc(-c2cccc3c2Cc2ccccc2-3)oc2ccccc12.c1ccc2ccccc2c1. The van der Waals surface area contributed by atoms with Gasteiger partial charge in [-0.3, -0.25) is 4.79 Å². The molecule has 0 radical (unpaired) electrons. The van der Waals surface area contributed by atoms with Crippen molar-refractivity contribution in [3.8, 4) is 22.5 Å². The lowest BCUT2D eigenvalue weighted by Crippen LogP contribution is -2.00. The third-order valence-electron chi connectivity index (χ3n) is 6.41. The van der Waals surface area contributed by atoms with Gasteiger partial charge in [0.2, 0.25) is 0 Å². The average molecular weight is 439 g/mol. The molecule has 0 saturated carbocycles. The highest BCUT2D eigenvalue weighted by molar-refractivity contribution is 5.85. The summed E-state index contributed by atoms with van der Waals surface area (Å²) in [6, 6.07) is 40.4. The van der Waals surface area contributed by atoms with E-state index in [-0.39, 0.29) is 5.43 Å². The molecule has 0 aliphatic heterocycles. The standard InChI is InChI=1S/C22H14O2.C10H8/c23-20-13-22(24-21-11-4-3-8-18(20)21)17-10-5-9-16-15-7-2-1-6-14(15)12-19(16)17;1-2-6-10-8-4-3-7-9(10)5-1/h1-11,13H,12H2;1-8H. The quantitative estimate of drug-likeness (QED) is 0.261. The Balaban J connectivity index is 0.000000182. The first-order valence-electron chi connectivity index (χ1n) is 11.5. The number of benzene rings is 5. The molecule has 0 N–H and O–H groups in total. The highest BCUT2D eigenvalue weighted by Crippen LogP contribution is 2.41. The summed E-state index contributed by atoms with van der Waals surface area (Å²) < 4.78 is 6.05. The van der Waals surface area contributed by atoms with Gasteiger partial charge in [-0.2, -0.15) is 0 Å². The zero-order valence-electron chi connectivity index (χ0n) is 18.6. The maximum Gasteiger partial charge on any atom is 0.193 e. The van der Waals surface area contributed by atoms with Crippen molar-refractivity contribution in [2.75, 3.05) is 0 Å². The Labute approximate surface area is 197 Å². The predicted molar refractivity (Wildman–Crippen MR) is 140 cm³/mol. The number of para-hydroxylation sites is 1. The molecule has 7 rings (SSSR count). The normalized spacial score (nSPS) is 11.5. The Kier molecular flexibility index (Phi) is 5.04. The zero-order valence-corrected chi connectivity index (χ0v) is 18.6. The average Bonchev–Trinajstić information content (AvgIpc) is 3.28. The molecule has 0 unspecified atom stereocenters. The van der Waals surface area contributed by atoms with Crippen molar-refractivity contribution < 1.29 is 4.42 Å². The molecule has 1 aliphatic rings. The maximum atomic E-state index is 12.4. The van der Waals surface area contributed by atoms with Crippen LogP contribution in [0.2, 0.25) is 0 Å². The molecule has 0 spiro atoms.